The Bertz CT molecular complexity index is 310. The van der Waals surface area contributed by atoms with Gasteiger partial charge in [-0.15, -0.1) is 0 Å². The van der Waals surface area contributed by atoms with Crippen LogP contribution < -0.4 is 0 Å². The predicted octanol–water partition coefficient (Wildman–Crippen LogP) is 3.11. The molecule has 1 unspecified atom stereocenters. The van der Waals surface area contributed by atoms with Crippen LogP contribution in [0.15, 0.2) is 28.5 Å². The number of hydrogen-bond acceptors (Lipinski definition) is 2. The fraction of sp³-hybridized carbons (Fsp3) is 0.615. The first-order valence-electron chi connectivity index (χ1n) is 5.72. The molecule has 0 aliphatic carbocycles. The number of ether oxygens (including phenoxy) is 1. The molecule has 1 atom stereocenters. The SMILES string of the molecule is CC(C)C1(C)C=CC2=C(C=N1)OCCC2. The summed E-state index contributed by atoms with van der Waals surface area (Å²) in [7, 11) is 0. The standard InChI is InChI=1S/C13H19NO/c1-10(2)13(3)7-6-11-5-4-8-15-12(11)9-14-13/h6-7,9-10H,4-5,8H2,1-3H3. The van der Waals surface area contributed by atoms with Gasteiger partial charge >= 0.3 is 0 Å². The van der Waals surface area contributed by atoms with E-state index in [2.05, 4.69) is 37.9 Å². The second-order valence-corrected chi connectivity index (χ2v) is 4.81. The van der Waals surface area contributed by atoms with E-state index in [-0.39, 0.29) is 5.54 Å². The van der Waals surface area contributed by atoms with Crippen LogP contribution in [0.1, 0.15) is 33.6 Å². The lowest BCUT2D eigenvalue weighted by molar-refractivity contribution is 0.210. The van der Waals surface area contributed by atoms with Crippen LogP contribution in [0.5, 0.6) is 0 Å². The smallest absolute Gasteiger partial charge is 0.140 e. The third-order valence-corrected chi connectivity index (χ3v) is 3.42. The predicted molar refractivity (Wildman–Crippen MR) is 63.1 cm³/mol. The van der Waals surface area contributed by atoms with Gasteiger partial charge in [-0.25, -0.2) is 0 Å². The van der Waals surface area contributed by atoms with Crippen LogP contribution in [0.4, 0.5) is 0 Å². The molecule has 0 saturated heterocycles. The molecule has 0 N–H and O–H groups in total. The average Bonchev–Trinajstić information content (AvgIpc) is 2.40. The van der Waals surface area contributed by atoms with Crippen LogP contribution in [-0.4, -0.2) is 18.4 Å². The van der Waals surface area contributed by atoms with Crippen LogP contribution in [0.25, 0.3) is 0 Å². The first-order chi connectivity index (χ1) is 7.12. The maximum Gasteiger partial charge on any atom is 0.140 e. The van der Waals surface area contributed by atoms with Gasteiger partial charge in [0, 0.05) is 0 Å². The van der Waals surface area contributed by atoms with Crippen LogP contribution >= 0.6 is 0 Å². The Balaban J connectivity index is 2.30. The summed E-state index contributed by atoms with van der Waals surface area (Å²) in [5, 5.41) is 0. The molecule has 0 aromatic heterocycles. The second kappa shape index (κ2) is 3.84. The van der Waals surface area contributed by atoms with Gasteiger partial charge in [0.25, 0.3) is 0 Å². The van der Waals surface area contributed by atoms with Crippen LogP contribution in [-0.2, 0) is 4.74 Å². The molecule has 0 aromatic carbocycles. The average molecular weight is 205 g/mol. The van der Waals surface area contributed by atoms with Crippen molar-refractivity contribution in [1.82, 2.24) is 0 Å². The lowest BCUT2D eigenvalue weighted by Gasteiger charge is -2.25. The van der Waals surface area contributed by atoms with E-state index in [9.17, 15) is 0 Å². The first-order valence-corrected chi connectivity index (χ1v) is 5.72. The number of aliphatic imine (C=N–C) groups is 1. The van der Waals surface area contributed by atoms with Gasteiger partial charge in [-0.1, -0.05) is 26.0 Å². The molecule has 15 heavy (non-hydrogen) atoms. The fourth-order valence-electron chi connectivity index (χ4n) is 1.80. The summed E-state index contributed by atoms with van der Waals surface area (Å²) in [6, 6.07) is 0. The molecule has 0 spiro atoms. The summed E-state index contributed by atoms with van der Waals surface area (Å²) in [6.07, 6.45) is 8.56. The second-order valence-electron chi connectivity index (χ2n) is 4.81. The van der Waals surface area contributed by atoms with E-state index in [1.54, 1.807) is 0 Å². The summed E-state index contributed by atoms with van der Waals surface area (Å²) < 4.78 is 5.61. The monoisotopic (exact) mass is 205 g/mol. The number of hydrogen-bond donors (Lipinski definition) is 0. The van der Waals surface area contributed by atoms with Gasteiger partial charge in [-0.2, -0.15) is 0 Å². The molecule has 2 nitrogen and oxygen atoms in total. The van der Waals surface area contributed by atoms with Crippen molar-refractivity contribution in [3.63, 3.8) is 0 Å². The van der Waals surface area contributed by atoms with E-state index in [4.69, 9.17) is 4.74 Å². The lowest BCUT2D eigenvalue weighted by atomic mass is 9.88. The molecule has 0 fully saturated rings. The van der Waals surface area contributed by atoms with Gasteiger partial charge in [0.2, 0.25) is 0 Å². The zero-order chi connectivity index (χ0) is 10.9. The van der Waals surface area contributed by atoms with Gasteiger partial charge < -0.3 is 4.74 Å². The van der Waals surface area contributed by atoms with Gasteiger partial charge in [0.05, 0.1) is 18.4 Å². The van der Waals surface area contributed by atoms with Crippen molar-refractivity contribution >= 4 is 6.21 Å². The maximum absolute atomic E-state index is 5.61. The largest absolute Gasteiger partial charge is 0.492 e. The molecule has 2 aliphatic heterocycles. The highest BCUT2D eigenvalue weighted by molar-refractivity contribution is 5.79. The highest BCUT2D eigenvalue weighted by Gasteiger charge is 2.26. The Morgan fingerprint density at radius 2 is 2.27 bits per heavy atom. The molecular formula is C13H19NO. The van der Waals surface area contributed by atoms with Crippen molar-refractivity contribution in [2.45, 2.75) is 39.2 Å². The Labute approximate surface area is 91.7 Å². The minimum atomic E-state index is -0.0826. The van der Waals surface area contributed by atoms with Crippen LogP contribution in [0.3, 0.4) is 0 Å². The van der Waals surface area contributed by atoms with E-state index in [0.717, 1.165) is 25.2 Å². The van der Waals surface area contributed by atoms with E-state index < -0.39 is 0 Å². The van der Waals surface area contributed by atoms with Crippen molar-refractivity contribution in [3.05, 3.63) is 23.5 Å². The molecule has 82 valence electrons. The highest BCUT2D eigenvalue weighted by atomic mass is 16.5. The van der Waals surface area contributed by atoms with Crippen molar-refractivity contribution in [1.29, 1.82) is 0 Å². The molecule has 0 saturated carbocycles. The molecule has 0 aromatic rings. The Morgan fingerprint density at radius 1 is 1.47 bits per heavy atom. The van der Waals surface area contributed by atoms with Crippen molar-refractivity contribution < 1.29 is 4.74 Å². The summed E-state index contributed by atoms with van der Waals surface area (Å²) in [4.78, 5) is 4.64. The van der Waals surface area contributed by atoms with Gasteiger partial charge in [0.15, 0.2) is 0 Å². The van der Waals surface area contributed by atoms with E-state index in [0.29, 0.717) is 5.92 Å². The molecule has 2 heterocycles. The van der Waals surface area contributed by atoms with E-state index in [1.807, 2.05) is 6.21 Å². The maximum atomic E-state index is 5.61. The van der Waals surface area contributed by atoms with Crippen molar-refractivity contribution in [2.75, 3.05) is 6.61 Å². The lowest BCUT2D eigenvalue weighted by Crippen LogP contribution is -2.26. The molecule has 0 radical (unpaired) electrons. The zero-order valence-corrected chi connectivity index (χ0v) is 9.79. The van der Waals surface area contributed by atoms with Crippen molar-refractivity contribution in [3.8, 4) is 0 Å². The summed E-state index contributed by atoms with van der Waals surface area (Å²) in [6.45, 7) is 7.40. The Hall–Kier alpha value is -1.05. The topological polar surface area (TPSA) is 21.6 Å². The van der Waals surface area contributed by atoms with Gasteiger partial charge in [-0.3, -0.25) is 4.99 Å². The molecule has 2 rings (SSSR count). The highest BCUT2D eigenvalue weighted by Crippen LogP contribution is 2.29. The molecule has 0 bridgehead atoms. The molecule has 0 amide bonds. The number of allylic oxidation sites excluding steroid dienone is 3. The minimum Gasteiger partial charge on any atom is -0.492 e. The number of rotatable bonds is 1. The molecular weight excluding hydrogens is 186 g/mol. The molecule has 2 heteroatoms. The minimum absolute atomic E-state index is 0.0826. The van der Waals surface area contributed by atoms with Gasteiger partial charge in [-0.05, 0) is 31.3 Å². The normalized spacial score (nSPS) is 30.1. The Kier molecular flexibility index (Phi) is 2.68. The zero-order valence-electron chi connectivity index (χ0n) is 9.79. The molecule has 2 aliphatic rings. The van der Waals surface area contributed by atoms with Crippen molar-refractivity contribution in [2.24, 2.45) is 10.9 Å². The quantitative estimate of drug-likeness (QED) is 0.644. The summed E-state index contributed by atoms with van der Waals surface area (Å²) in [5.41, 5.74) is 1.22. The van der Waals surface area contributed by atoms with Crippen LogP contribution in [0, 0.1) is 5.92 Å². The van der Waals surface area contributed by atoms with E-state index in [1.165, 1.54) is 5.57 Å². The summed E-state index contributed by atoms with van der Waals surface area (Å²) >= 11 is 0. The third-order valence-electron chi connectivity index (χ3n) is 3.42. The fourth-order valence-corrected chi connectivity index (χ4v) is 1.80. The van der Waals surface area contributed by atoms with E-state index >= 15 is 0 Å². The van der Waals surface area contributed by atoms with Crippen LogP contribution in [0.2, 0.25) is 0 Å². The third kappa shape index (κ3) is 1.99. The first kappa shape index (κ1) is 10.5. The summed E-state index contributed by atoms with van der Waals surface area (Å²) in [5.74, 6) is 1.48. The Morgan fingerprint density at radius 3 is 3.00 bits per heavy atom. The van der Waals surface area contributed by atoms with Gasteiger partial charge in [0.1, 0.15) is 5.76 Å². The number of nitrogens with zero attached hydrogens (tertiary/aromatic N) is 1.